The molecule has 2 N–H and O–H groups in total. The molecular formula is C16H13ClF3N3O3S. The Kier molecular flexibility index (Phi) is 4.83. The zero-order valence-electron chi connectivity index (χ0n) is 13.6. The number of rotatable bonds is 3. The number of nitrogens with two attached hydrogens (primary N) is 1. The van der Waals surface area contributed by atoms with Crippen LogP contribution in [0.3, 0.4) is 0 Å². The summed E-state index contributed by atoms with van der Waals surface area (Å²) in [5.74, 6) is 0. The lowest BCUT2D eigenvalue weighted by Gasteiger charge is -2.21. The molecule has 3 rings (SSSR count). The molecule has 0 atom stereocenters. The second-order valence-electron chi connectivity index (χ2n) is 5.79. The molecule has 1 aliphatic rings. The van der Waals surface area contributed by atoms with Gasteiger partial charge in [0.1, 0.15) is 0 Å². The lowest BCUT2D eigenvalue weighted by molar-refractivity contribution is -0.137. The van der Waals surface area contributed by atoms with Crippen molar-refractivity contribution < 1.29 is 26.4 Å². The lowest BCUT2D eigenvalue weighted by atomic mass is 10.2. The fourth-order valence-corrected chi connectivity index (χ4v) is 3.45. The van der Waals surface area contributed by atoms with E-state index in [1.165, 1.54) is 29.2 Å². The van der Waals surface area contributed by atoms with Gasteiger partial charge >= 0.3 is 12.2 Å². The van der Waals surface area contributed by atoms with E-state index in [9.17, 15) is 26.4 Å². The van der Waals surface area contributed by atoms with Gasteiger partial charge in [-0.25, -0.2) is 18.4 Å². The van der Waals surface area contributed by atoms with E-state index in [1.807, 2.05) is 0 Å². The third kappa shape index (κ3) is 3.87. The van der Waals surface area contributed by atoms with Crippen LogP contribution in [0, 0.1) is 0 Å². The average molecular weight is 420 g/mol. The van der Waals surface area contributed by atoms with Crippen molar-refractivity contribution in [3.63, 3.8) is 0 Å². The SMILES string of the molecule is NS(=O)(=O)c1ccc(N2CCN(c3cc(C(F)(F)F)ccc3Cl)C2=O)cc1. The highest BCUT2D eigenvalue weighted by atomic mass is 35.5. The van der Waals surface area contributed by atoms with E-state index in [0.717, 1.165) is 23.1 Å². The van der Waals surface area contributed by atoms with Crippen molar-refractivity contribution in [2.45, 2.75) is 11.1 Å². The van der Waals surface area contributed by atoms with Crippen molar-refractivity contribution in [2.75, 3.05) is 22.9 Å². The van der Waals surface area contributed by atoms with Gasteiger partial charge in [-0.1, -0.05) is 11.6 Å². The average Bonchev–Trinajstić information content (AvgIpc) is 2.95. The summed E-state index contributed by atoms with van der Waals surface area (Å²) >= 11 is 6.00. The Morgan fingerprint density at radius 2 is 1.59 bits per heavy atom. The van der Waals surface area contributed by atoms with Gasteiger partial charge in [0.15, 0.2) is 0 Å². The van der Waals surface area contributed by atoms with Crippen LogP contribution in [0.2, 0.25) is 5.02 Å². The monoisotopic (exact) mass is 419 g/mol. The molecule has 0 saturated carbocycles. The van der Waals surface area contributed by atoms with Crippen LogP contribution in [0.15, 0.2) is 47.4 Å². The zero-order valence-corrected chi connectivity index (χ0v) is 15.1. The molecule has 6 nitrogen and oxygen atoms in total. The fourth-order valence-electron chi connectivity index (χ4n) is 2.71. The minimum Gasteiger partial charge on any atom is -0.292 e. The number of amides is 2. The molecule has 2 amide bonds. The first-order valence-electron chi connectivity index (χ1n) is 7.57. The van der Waals surface area contributed by atoms with Gasteiger partial charge in [0.2, 0.25) is 10.0 Å². The summed E-state index contributed by atoms with van der Waals surface area (Å²) < 4.78 is 61.4. The van der Waals surface area contributed by atoms with E-state index in [4.69, 9.17) is 16.7 Å². The maximum Gasteiger partial charge on any atom is 0.416 e. The van der Waals surface area contributed by atoms with Gasteiger partial charge in [-0.3, -0.25) is 9.80 Å². The topological polar surface area (TPSA) is 83.7 Å². The smallest absolute Gasteiger partial charge is 0.292 e. The van der Waals surface area contributed by atoms with E-state index in [1.54, 1.807) is 0 Å². The van der Waals surface area contributed by atoms with Crippen molar-refractivity contribution in [1.29, 1.82) is 0 Å². The minimum atomic E-state index is -4.56. The molecule has 1 heterocycles. The molecule has 1 aliphatic heterocycles. The van der Waals surface area contributed by atoms with Crippen molar-refractivity contribution >= 4 is 39.0 Å². The fraction of sp³-hybridized carbons (Fsp3) is 0.188. The number of carbonyl (C=O) groups excluding carboxylic acids is 1. The number of hydrogen-bond acceptors (Lipinski definition) is 3. The quantitative estimate of drug-likeness (QED) is 0.827. The molecule has 0 spiro atoms. The summed E-state index contributed by atoms with van der Waals surface area (Å²) in [5.41, 5.74) is -0.566. The number of urea groups is 1. The van der Waals surface area contributed by atoms with E-state index in [-0.39, 0.29) is 28.7 Å². The highest BCUT2D eigenvalue weighted by Crippen LogP contribution is 2.37. The maximum absolute atomic E-state index is 12.9. The molecule has 0 aliphatic carbocycles. The Hall–Kier alpha value is -2.30. The molecule has 1 saturated heterocycles. The van der Waals surface area contributed by atoms with Gasteiger partial charge < -0.3 is 0 Å². The van der Waals surface area contributed by atoms with Gasteiger partial charge in [-0.2, -0.15) is 13.2 Å². The first-order chi connectivity index (χ1) is 12.5. The van der Waals surface area contributed by atoms with Crippen LogP contribution in [-0.2, 0) is 16.2 Å². The van der Waals surface area contributed by atoms with Crippen LogP contribution in [0.4, 0.5) is 29.3 Å². The number of halogens is 4. The van der Waals surface area contributed by atoms with Crippen molar-refractivity contribution in [1.82, 2.24) is 0 Å². The van der Waals surface area contributed by atoms with Crippen molar-refractivity contribution in [3.05, 3.63) is 53.1 Å². The van der Waals surface area contributed by atoms with Crippen LogP contribution >= 0.6 is 11.6 Å². The Bertz CT molecular complexity index is 994. The molecule has 2 aromatic rings. The third-order valence-electron chi connectivity index (χ3n) is 4.05. The van der Waals surface area contributed by atoms with Crippen molar-refractivity contribution in [2.24, 2.45) is 5.14 Å². The van der Waals surface area contributed by atoms with Crippen molar-refractivity contribution in [3.8, 4) is 0 Å². The zero-order chi connectivity index (χ0) is 20.0. The van der Waals surface area contributed by atoms with Gasteiger partial charge in [-0.15, -0.1) is 0 Å². The molecule has 0 aromatic heterocycles. The summed E-state index contributed by atoms with van der Waals surface area (Å²) in [7, 11) is -3.87. The van der Waals surface area contributed by atoms with E-state index in [0.29, 0.717) is 5.69 Å². The third-order valence-corrected chi connectivity index (χ3v) is 5.30. The van der Waals surface area contributed by atoms with E-state index < -0.39 is 27.8 Å². The summed E-state index contributed by atoms with van der Waals surface area (Å²) in [6.07, 6.45) is -4.56. The van der Waals surface area contributed by atoms with Gasteiger partial charge in [-0.05, 0) is 42.5 Å². The molecule has 27 heavy (non-hydrogen) atoms. The van der Waals surface area contributed by atoms with E-state index >= 15 is 0 Å². The van der Waals surface area contributed by atoms with Crippen LogP contribution < -0.4 is 14.9 Å². The number of hydrogen-bond donors (Lipinski definition) is 1. The van der Waals surface area contributed by atoms with Gasteiger partial charge in [0.25, 0.3) is 0 Å². The van der Waals surface area contributed by atoms with Crippen LogP contribution in [0.1, 0.15) is 5.56 Å². The number of nitrogens with zero attached hydrogens (tertiary/aromatic N) is 2. The molecule has 0 unspecified atom stereocenters. The second-order valence-corrected chi connectivity index (χ2v) is 7.76. The normalized spacial score (nSPS) is 15.5. The number of carbonyl (C=O) groups is 1. The molecule has 0 radical (unpaired) electrons. The van der Waals surface area contributed by atoms with Crippen LogP contribution in [0.25, 0.3) is 0 Å². The number of benzene rings is 2. The Labute approximate surface area is 158 Å². The number of anilines is 2. The molecular weight excluding hydrogens is 407 g/mol. The predicted octanol–water partition coefficient (Wildman–Crippen LogP) is 3.45. The Morgan fingerprint density at radius 1 is 1.00 bits per heavy atom. The maximum atomic E-state index is 12.9. The van der Waals surface area contributed by atoms with Crippen LogP contribution in [-0.4, -0.2) is 27.5 Å². The van der Waals surface area contributed by atoms with Gasteiger partial charge in [0.05, 0.1) is 21.2 Å². The summed E-state index contributed by atoms with van der Waals surface area (Å²) in [4.78, 5) is 15.0. The Balaban J connectivity index is 1.89. The van der Waals surface area contributed by atoms with E-state index in [2.05, 4.69) is 0 Å². The predicted molar refractivity (Wildman–Crippen MR) is 94.4 cm³/mol. The number of sulfonamides is 1. The van der Waals surface area contributed by atoms with Crippen LogP contribution in [0.5, 0.6) is 0 Å². The molecule has 1 fully saturated rings. The summed E-state index contributed by atoms with van der Waals surface area (Å²) in [6.45, 7) is 0.316. The molecule has 0 bridgehead atoms. The van der Waals surface area contributed by atoms with Gasteiger partial charge in [0, 0.05) is 18.8 Å². The molecule has 11 heteroatoms. The molecule has 2 aromatic carbocycles. The minimum absolute atomic E-state index is 0.0165. The first kappa shape index (κ1) is 19.5. The highest BCUT2D eigenvalue weighted by molar-refractivity contribution is 7.89. The second kappa shape index (κ2) is 6.70. The highest BCUT2D eigenvalue weighted by Gasteiger charge is 2.35. The number of primary sulfonamides is 1. The summed E-state index contributed by atoms with van der Waals surface area (Å²) in [6, 6.07) is 7.49. The Morgan fingerprint density at radius 3 is 2.15 bits per heavy atom. The summed E-state index contributed by atoms with van der Waals surface area (Å²) in [5, 5.41) is 5.04. The first-order valence-corrected chi connectivity index (χ1v) is 9.49. The standard InChI is InChI=1S/C16H13ClF3N3O3S/c17-13-6-1-10(16(18,19)20)9-14(13)23-8-7-22(15(23)24)11-2-4-12(5-3-11)27(21,25)26/h1-6,9H,7-8H2,(H2,21,25,26). The molecule has 144 valence electrons. The number of alkyl halides is 3. The largest absolute Gasteiger partial charge is 0.416 e. The lowest BCUT2D eigenvalue weighted by Crippen LogP contribution is -2.32.